The average Bonchev–Trinajstić information content (AvgIpc) is 2.86. The van der Waals surface area contributed by atoms with Crippen LogP contribution in [0.5, 0.6) is 0 Å². The Kier molecular flexibility index (Phi) is 1.61. The molecule has 64 valence electrons. The molecule has 1 aliphatic rings. The molecule has 3 heteroatoms. The van der Waals surface area contributed by atoms with Crippen LogP contribution in [0.3, 0.4) is 0 Å². The molecule has 1 nitrogen and oxygen atoms in total. The second-order valence-corrected chi connectivity index (χ2v) is 3.13. The normalized spacial score (nSPS) is 19.6. The van der Waals surface area contributed by atoms with Gasteiger partial charge in [0.2, 0.25) is 0 Å². The molecular weight excluding hydrogens is 160 g/mol. The summed E-state index contributed by atoms with van der Waals surface area (Å²) in [6, 6.07) is 8.91. The van der Waals surface area contributed by atoms with Gasteiger partial charge in [0.1, 0.15) is 5.54 Å². The molecule has 0 spiro atoms. The van der Waals surface area contributed by atoms with Crippen molar-refractivity contribution in [1.82, 2.24) is 5.34 Å². The van der Waals surface area contributed by atoms with Crippen LogP contribution in [0, 0.1) is 0 Å². The topological polar surface area (TPSA) is 3.24 Å². The molecule has 0 aromatic heterocycles. The summed E-state index contributed by atoms with van der Waals surface area (Å²) in [5, 5.41) is -0.664. The largest absolute Gasteiger partial charge is 0.109 e. The molecule has 0 unspecified atom stereocenters. The van der Waals surface area contributed by atoms with Crippen LogP contribution in [0.1, 0.15) is 18.4 Å². The Balaban J connectivity index is 2.31. The number of hydrogen-bond donors (Lipinski definition) is 0. The van der Waals surface area contributed by atoms with Gasteiger partial charge in [-0.2, -0.15) is 0 Å². The van der Waals surface area contributed by atoms with Crippen molar-refractivity contribution in [2.45, 2.75) is 18.4 Å². The maximum atomic E-state index is 12.4. The lowest BCUT2D eigenvalue weighted by Gasteiger charge is -2.14. The van der Waals surface area contributed by atoms with E-state index in [1.807, 2.05) is 6.07 Å². The number of rotatable bonds is 2. The first-order valence-electron chi connectivity index (χ1n) is 3.93. The van der Waals surface area contributed by atoms with E-state index in [4.69, 9.17) is 0 Å². The van der Waals surface area contributed by atoms with Crippen molar-refractivity contribution in [3.05, 3.63) is 35.9 Å². The summed E-state index contributed by atoms with van der Waals surface area (Å²) in [7, 11) is 0. The molecule has 1 saturated carbocycles. The highest BCUT2D eigenvalue weighted by atomic mass is 19.4. The third-order valence-corrected chi connectivity index (χ3v) is 2.36. The molecule has 2 rings (SSSR count). The van der Waals surface area contributed by atoms with Gasteiger partial charge in [0, 0.05) is 5.34 Å². The third-order valence-electron chi connectivity index (χ3n) is 2.36. The van der Waals surface area contributed by atoms with Crippen molar-refractivity contribution in [2.24, 2.45) is 0 Å². The zero-order valence-electron chi connectivity index (χ0n) is 6.50. The average molecular weight is 169 g/mol. The molecule has 1 aromatic rings. The van der Waals surface area contributed by atoms with E-state index in [1.54, 1.807) is 24.3 Å². The molecule has 0 N–H and O–H groups in total. The Morgan fingerprint density at radius 3 is 2.08 bits per heavy atom. The van der Waals surface area contributed by atoms with Gasteiger partial charge in [-0.05, 0) is 18.4 Å². The maximum absolute atomic E-state index is 12.4. The van der Waals surface area contributed by atoms with Gasteiger partial charge in [-0.15, -0.1) is 8.96 Å². The van der Waals surface area contributed by atoms with Crippen LogP contribution in [0.15, 0.2) is 30.3 Å². The van der Waals surface area contributed by atoms with E-state index < -0.39 is 10.9 Å². The summed E-state index contributed by atoms with van der Waals surface area (Å²) in [6.45, 7) is 0. The van der Waals surface area contributed by atoms with Gasteiger partial charge in [0.05, 0.1) is 0 Å². The summed E-state index contributed by atoms with van der Waals surface area (Å²) in [6.07, 6.45) is 1.12. The fourth-order valence-electron chi connectivity index (χ4n) is 1.42. The highest BCUT2D eigenvalue weighted by molar-refractivity contribution is 5.28. The lowest BCUT2D eigenvalue weighted by molar-refractivity contribution is -0.202. The number of benzene rings is 1. The summed E-state index contributed by atoms with van der Waals surface area (Å²) in [5.41, 5.74) is -0.239. The Hall–Kier alpha value is -0.960. The van der Waals surface area contributed by atoms with Crippen LogP contribution in [-0.4, -0.2) is 5.34 Å². The Bertz CT molecular complexity index is 267. The molecule has 0 amide bonds. The summed E-state index contributed by atoms with van der Waals surface area (Å²) in [5.74, 6) is 0. The monoisotopic (exact) mass is 169 g/mol. The first kappa shape index (κ1) is 7.68. The van der Waals surface area contributed by atoms with E-state index >= 15 is 0 Å². The van der Waals surface area contributed by atoms with Crippen molar-refractivity contribution in [3.8, 4) is 0 Å². The van der Waals surface area contributed by atoms with Crippen LogP contribution < -0.4 is 0 Å². The zero-order valence-corrected chi connectivity index (χ0v) is 6.50. The van der Waals surface area contributed by atoms with Crippen LogP contribution in [0.2, 0.25) is 0 Å². The highest BCUT2D eigenvalue weighted by Crippen LogP contribution is 2.51. The second-order valence-electron chi connectivity index (χ2n) is 3.13. The van der Waals surface area contributed by atoms with Gasteiger partial charge in [0.25, 0.3) is 0 Å². The molecule has 0 saturated heterocycles. The quantitative estimate of drug-likeness (QED) is 0.615. The fourth-order valence-corrected chi connectivity index (χ4v) is 1.42. The number of hydrogen-bond acceptors (Lipinski definition) is 1. The van der Waals surface area contributed by atoms with Gasteiger partial charge in [-0.25, -0.2) is 0 Å². The molecule has 0 aliphatic heterocycles. The van der Waals surface area contributed by atoms with Crippen molar-refractivity contribution in [2.75, 3.05) is 0 Å². The number of halogens is 2. The molecule has 1 aliphatic carbocycles. The third kappa shape index (κ3) is 1.01. The Morgan fingerprint density at radius 2 is 1.67 bits per heavy atom. The van der Waals surface area contributed by atoms with E-state index in [9.17, 15) is 8.96 Å². The van der Waals surface area contributed by atoms with Crippen molar-refractivity contribution >= 4 is 0 Å². The van der Waals surface area contributed by atoms with Gasteiger partial charge < -0.3 is 0 Å². The molecule has 0 heterocycles. The zero-order chi connectivity index (χ0) is 8.60. The van der Waals surface area contributed by atoms with Gasteiger partial charge in [-0.1, -0.05) is 30.3 Å². The van der Waals surface area contributed by atoms with Crippen molar-refractivity contribution in [3.63, 3.8) is 0 Å². The lowest BCUT2D eigenvalue weighted by Crippen LogP contribution is -2.20. The van der Waals surface area contributed by atoms with E-state index in [2.05, 4.69) is 0 Å². The molecular formula is C9H9F2N. The smallest absolute Gasteiger partial charge is 0.101 e. The van der Waals surface area contributed by atoms with Gasteiger partial charge >= 0.3 is 0 Å². The van der Waals surface area contributed by atoms with E-state index in [1.165, 1.54) is 0 Å². The summed E-state index contributed by atoms with van der Waals surface area (Å²) < 4.78 is 24.8. The minimum Gasteiger partial charge on any atom is -0.101 e. The summed E-state index contributed by atoms with van der Waals surface area (Å²) >= 11 is 0. The second kappa shape index (κ2) is 2.52. The molecule has 12 heavy (non-hydrogen) atoms. The molecule has 0 atom stereocenters. The standard InChI is InChI=1S/C9H9F2N/c10-12(11)9(6-7-9)8-4-2-1-3-5-8/h1-5H,6-7H2. The Labute approximate surface area is 69.5 Å². The fraction of sp³-hybridized carbons (Fsp3) is 0.333. The van der Waals surface area contributed by atoms with E-state index in [0.29, 0.717) is 12.8 Å². The van der Waals surface area contributed by atoms with E-state index in [-0.39, 0.29) is 0 Å². The minimum atomic E-state index is -0.957. The first-order valence-corrected chi connectivity index (χ1v) is 3.93. The summed E-state index contributed by atoms with van der Waals surface area (Å²) in [4.78, 5) is 0. The predicted molar refractivity (Wildman–Crippen MR) is 41.4 cm³/mol. The van der Waals surface area contributed by atoms with Crippen LogP contribution in [0.4, 0.5) is 8.96 Å². The molecule has 0 radical (unpaired) electrons. The van der Waals surface area contributed by atoms with Crippen LogP contribution in [0.25, 0.3) is 0 Å². The first-order chi connectivity index (χ1) is 5.76. The minimum absolute atomic E-state index is 0.560. The van der Waals surface area contributed by atoms with Crippen LogP contribution in [-0.2, 0) is 5.54 Å². The van der Waals surface area contributed by atoms with Gasteiger partial charge in [0.15, 0.2) is 0 Å². The molecule has 1 aromatic carbocycles. The predicted octanol–water partition coefficient (Wildman–Crippen LogP) is 2.75. The SMILES string of the molecule is FN(F)C1(c2ccccc2)CC1. The Morgan fingerprint density at radius 1 is 1.08 bits per heavy atom. The van der Waals surface area contributed by atoms with Crippen molar-refractivity contribution in [1.29, 1.82) is 0 Å². The van der Waals surface area contributed by atoms with Crippen molar-refractivity contribution < 1.29 is 8.96 Å². The highest BCUT2D eigenvalue weighted by Gasteiger charge is 2.52. The van der Waals surface area contributed by atoms with Gasteiger partial charge in [-0.3, -0.25) is 0 Å². The van der Waals surface area contributed by atoms with E-state index in [0.717, 1.165) is 5.56 Å². The lowest BCUT2D eigenvalue weighted by atomic mass is 10.1. The maximum Gasteiger partial charge on any atom is 0.109 e. The molecule has 0 bridgehead atoms. The van der Waals surface area contributed by atoms with Crippen LogP contribution >= 0.6 is 0 Å². The number of nitrogens with zero attached hydrogens (tertiary/aromatic N) is 1. The molecule has 1 fully saturated rings.